The van der Waals surface area contributed by atoms with E-state index in [1.165, 1.54) is 0 Å². The Balaban J connectivity index is 1.37. The standard InChI is InChI=1S/C27H30N2O4/c1-32-22-12-13-25(33-2)20(17-22)14-15-28-26(30)21-9-6-16-29(18-21)27(31)24-11-5-8-19-7-3-4-10-23(19)24/h3-5,7-8,10-13,17,21H,6,9,14-16,18H2,1-2H3,(H,28,30). The van der Waals surface area contributed by atoms with Gasteiger partial charge >= 0.3 is 0 Å². The molecule has 33 heavy (non-hydrogen) atoms. The number of amides is 2. The van der Waals surface area contributed by atoms with Crippen LogP contribution in [-0.2, 0) is 11.2 Å². The van der Waals surface area contributed by atoms with Crippen LogP contribution in [0.3, 0.4) is 0 Å². The quantitative estimate of drug-likeness (QED) is 0.594. The second-order valence-corrected chi connectivity index (χ2v) is 8.34. The number of carbonyl (C=O) groups is 2. The SMILES string of the molecule is COc1ccc(OC)c(CCNC(=O)C2CCCN(C(=O)c3cccc4ccccc34)C2)c1. The van der Waals surface area contributed by atoms with Gasteiger partial charge in [-0.05, 0) is 59.9 Å². The van der Waals surface area contributed by atoms with Gasteiger partial charge in [-0.1, -0.05) is 36.4 Å². The summed E-state index contributed by atoms with van der Waals surface area (Å²) < 4.78 is 10.7. The van der Waals surface area contributed by atoms with Gasteiger partial charge in [-0.25, -0.2) is 0 Å². The van der Waals surface area contributed by atoms with Gasteiger partial charge in [0, 0.05) is 25.2 Å². The molecule has 0 saturated carbocycles. The van der Waals surface area contributed by atoms with Crippen LogP contribution in [0.15, 0.2) is 60.7 Å². The molecule has 1 aliphatic heterocycles. The molecular formula is C27H30N2O4. The molecule has 4 rings (SSSR count). The molecule has 1 saturated heterocycles. The first-order valence-corrected chi connectivity index (χ1v) is 11.4. The van der Waals surface area contributed by atoms with Crippen molar-refractivity contribution in [1.82, 2.24) is 10.2 Å². The first kappa shape index (κ1) is 22.6. The minimum Gasteiger partial charge on any atom is -0.497 e. The van der Waals surface area contributed by atoms with Gasteiger partial charge in [-0.15, -0.1) is 0 Å². The molecule has 1 heterocycles. The lowest BCUT2D eigenvalue weighted by molar-refractivity contribution is -0.126. The second kappa shape index (κ2) is 10.4. The highest BCUT2D eigenvalue weighted by Crippen LogP contribution is 2.25. The van der Waals surface area contributed by atoms with Gasteiger partial charge in [0.05, 0.1) is 20.1 Å². The summed E-state index contributed by atoms with van der Waals surface area (Å²) in [6.07, 6.45) is 2.24. The van der Waals surface area contributed by atoms with Gasteiger partial charge in [-0.2, -0.15) is 0 Å². The van der Waals surface area contributed by atoms with Crippen molar-refractivity contribution in [1.29, 1.82) is 0 Å². The van der Waals surface area contributed by atoms with E-state index in [1.54, 1.807) is 14.2 Å². The molecule has 0 bridgehead atoms. The molecule has 0 radical (unpaired) electrons. The molecule has 0 aromatic heterocycles. The summed E-state index contributed by atoms with van der Waals surface area (Å²) in [7, 11) is 3.26. The molecule has 1 atom stereocenters. The molecule has 1 fully saturated rings. The number of piperidine rings is 1. The van der Waals surface area contributed by atoms with Crippen LogP contribution in [0.5, 0.6) is 11.5 Å². The highest BCUT2D eigenvalue weighted by molar-refractivity contribution is 6.07. The van der Waals surface area contributed by atoms with Crippen LogP contribution in [0, 0.1) is 5.92 Å². The summed E-state index contributed by atoms with van der Waals surface area (Å²) >= 11 is 0. The largest absolute Gasteiger partial charge is 0.497 e. The molecule has 1 N–H and O–H groups in total. The molecular weight excluding hydrogens is 416 g/mol. The average Bonchev–Trinajstić information content (AvgIpc) is 2.87. The Bertz CT molecular complexity index is 1140. The van der Waals surface area contributed by atoms with E-state index in [0.717, 1.165) is 40.7 Å². The van der Waals surface area contributed by atoms with Crippen LogP contribution in [0.25, 0.3) is 10.8 Å². The minimum atomic E-state index is -0.204. The number of rotatable bonds is 7. The molecule has 6 heteroatoms. The fraction of sp³-hybridized carbons (Fsp3) is 0.333. The Morgan fingerprint density at radius 1 is 1.03 bits per heavy atom. The van der Waals surface area contributed by atoms with Crippen molar-refractivity contribution < 1.29 is 19.1 Å². The smallest absolute Gasteiger partial charge is 0.254 e. The Kier molecular flexibility index (Phi) is 7.13. The van der Waals surface area contributed by atoms with E-state index in [-0.39, 0.29) is 17.7 Å². The fourth-order valence-corrected chi connectivity index (χ4v) is 4.50. The summed E-state index contributed by atoms with van der Waals surface area (Å²) in [5, 5.41) is 5.04. The maximum absolute atomic E-state index is 13.3. The van der Waals surface area contributed by atoms with Crippen LogP contribution < -0.4 is 14.8 Å². The number of benzene rings is 3. The van der Waals surface area contributed by atoms with E-state index in [2.05, 4.69) is 5.32 Å². The second-order valence-electron chi connectivity index (χ2n) is 8.34. The van der Waals surface area contributed by atoms with Crippen molar-refractivity contribution in [3.8, 4) is 11.5 Å². The van der Waals surface area contributed by atoms with E-state index in [4.69, 9.17) is 9.47 Å². The van der Waals surface area contributed by atoms with Crippen molar-refractivity contribution in [3.05, 3.63) is 71.8 Å². The monoisotopic (exact) mass is 446 g/mol. The number of carbonyl (C=O) groups excluding carboxylic acids is 2. The maximum atomic E-state index is 13.3. The Hall–Kier alpha value is -3.54. The third-order valence-corrected chi connectivity index (χ3v) is 6.28. The third kappa shape index (κ3) is 5.11. The van der Waals surface area contributed by atoms with E-state index in [0.29, 0.717) is 31.6 Å². The van der Waals surface area contributed by atoms with Gasteiger partial charge in [0.15, 0.2) is 0 Å². The van der Waals surface area contributed by atoms with Gasteiger partial charge < -0.3 is 19.7 Å². The molecule has 0 spiro atoms. The summed E-state index contributed by atoms with van der Waals surface area (Å²) in [6.45, 7) is 1.61. The predicted octanol–water partition coefficient (Wildman–Crippen LogP) is 4.07. The highest BCUT2D eigenvalue weighted by atomic mass is 16.5. The van der Waals surface area contributed by atoms with Crippen molar-refractivity contribution in [2.24, 2.45) is 5.92 Å². The lowest BCUT2D eigenvalue weighted by Crippen LogP contribution is -2.45. The zero-order valence-electron chi connectivity index (χ0n) is 19.2. The first-order valence-electron chi connectivity index (χ1n) is 11.4. The van der Waals surface area contributed by atoms with Crippen LogP contribution in [0.2, 0.25) is 0 Å². The minimum absolute atomic E-state index is 0.00715. The number of nitrogens with zero attached hydrogens (tertiary/aromatic N) is 1. The topological polar surface area (TPSA) is 67.9 Å². The van der Waals surface area contributed by atoms with E-state index < -0.39 is 0 Å². The number of methoxy groups -OCH3 is 2. The molecule has 1 aliphatic rings. The van der Waals surface area contributed by atoms with Gasteiger partial charge in [0.25, 0.3) is 5.91 Å². The van der Waals surface area contributed by atoms with E-state index >= 15 is 0 Å². The summed E-state index contributed by atoms with van der Waals surface area (Å²) in [5.74, 6) is 1.31. The molecule has 1 unspecified atom stereocenters. The number of hydrogen-bond acceptors (Lipinski definition) is 4. The molecule has 3 aromatic carbocycles. The number of hydrogen-bond donors (Lipinski definition) is 1. The Labute approximate surface area is 194 Å². The molecule has 3 aromatic rings. The molecule has 6 nitrogen and oxygen atoms in total. The fourth-order valence-electron chi connectivity index (χ4n) is 4.50. The lowest BCUT2D eigenvalue weighted by Gasteiger charge is -2.32. The van der Waals surface area contributed by atoms with Gasteiger partial charge in [-0.3, -0.25) is 9.59 Å². The molecule has 2 amide bonds. The zero-order valence-corrected chi connectivity index (χ0v) is 19.2. The van der Waals surface area contributed by atoms with Crippen molar-refractivity contribution in [2.75, 3.05) is 33.9 Å². The summed E-state index contributed by atoms with van der Waals surface area (Å²) in [6, 6.07) is 19.3. The average molecular weight is 447 g/mol. The van der Waals surface area contributed by atoms with Crippen molar-refractivity contribution in [3.63, 3.8) is 0 Å². The van der Waals surface area contributed by atoms with Crippen LogP contribution in [0.1, 0.15) is 28.8 Å². The summed E-state index contributed by atoms with van der Waals surface area (Å²) in [4.78, 5) is 28.0. The predicted molar refractivity (Wildman–Crippen MR) is 129 cm³/mol. The first-order chi connectivity index (χ1) is 16.1. The normalized spacial score (nSPS) is 15.8. The van der Waals surface area contributed by atoms with Crippen LogP contribution in [0.4, 0.5) is 0 Å². The maximum Gasteiger partial charge on any atom is 0.254 e. The van der Waals surface area contributed by atoms with Crippen molar-refractivity contribution in [2.45, 2.75) is 19.3 Å². The van der Waals surface area contributed by atoms with E-state index in [9.17, 15) is 9.59 Å². The number of nitrogens with one attached hydrogen (secondary N) is 1. The van der Waals surface area contributed by atoms with Gasteiger partial charge in [0.1, 0.15) is 11.5 Å². The number of likely N-dealkylation sites (tertiary alicyclic amines) is 1. The van der Waals surface area contributed by atoms with Crippen LogP contribution in [-0.4, -0.2) is 50.6 Å². The Morgan fingerprint density at radius 2 is 1.85 bits per heavy atom. The lowest BCUT2D eigenvalue weighted by atomic mass is 9.95. The van der Waals surface area contributed by atoms with Crippen molar-refractivity contribution >= 4 is 22.6 Å². The van der Waals surface area contributed by atoms with Gasteiger partial charge in [0.2, 0.25) is 5.91 Å². The Morgan fingerprint density at radius 3 is 2.67 bits per heavy atom. The van der Waals surface area contributed by atoms with E-state index in [1.807, 2.05) is 65.6 Å². The summed E-state index contributed by atoms with van der Waals surface area (Å²) in [5.41, 5.74) is 1.67. The highest BCUT2D eigenvalue weighted by Gasteiger charge is 2.29. The molecule has 172 valence electrons. The number of fused-ring (bicyclic) bond motifs is 1. The molecule has 0 aliphatic carbocycles. The zero-order chi connectivity index (χ0) is 23.2. The van der Waals surface area contributed by atoms with Crippen LogP contribution >= 0.6 is 0 Å². The third-order valence-electron chi connectivity index (χ3n) is 6.28. The number of ether oxygens (including phenoxy) is 2.